The first-order chi connectivity index (χ1) is 8.58. The van der Waals surface area contributed by atoms with E-state index < -0.39 is 0 Å². The van der Waals surface area contributed by atoms with Crippen molar-refractivity contribution in [2.75, 3.05) is 11.5 Å². The maximum absolute atomic E-state index is 5.75. The molecule has 0 aliphatic carbocycles. The van der Waals surface area contributed by atoms with E-state index in [0.717, 1.165) is 11.4 Å². The first-order valence-electron chi connectivity index (χ1n) is 6.30. The summed E-state index contributed by atoms with van der Waals surface area (Å²) in [6.45, 7) is 8.14. The second kappa shape index (κ2) is 6.10. The highest BCUT2D eigenvalue weighted by molar-refractivity contribution is 5.73. The number of rotatable bonds is 1. The molecule has 0 atom stereocenters. The topological polar surface area (TPSA) is 52.0 Å². The second-order valence-electron chi connectivity index (χ2n) is 4.15. The monoisotopic (exact) mass is 242 g/mol. The molecule has 2 nitrogen and oxygen atoms in total. The first kappa shape index (κ1) is 14.1. The number of benzene rings is 2. The summed E-state index contributed by atoms with van der Waals surface area (Å²) in [6.07, 6.45) is 0. The maximum Gasteiger partial charge on any atom is 0.0317 e. The van der Waals surface area contributed by atoms with Crippen LogP contribution in [0.25, 0.3) is 11.1 Å². The maximum atomic E-state index is 5.75. The largest absolute Gasteiger partial charge is 0.399 e. The molecule has 0 saturated carbocycles. The molecule has 2 heteroatoms. The van der Waals surface area contributed by atoms with Gasteiger partial charge in [0, 0.05) is 11.4 Å². The van der Waals surface area contributed by atoms with Crippen LogP contribution in [-0.2, 0) is 0 Å². The van der Waals surface area contributed by atoms with Crippen molar-refractivity contribution in [2.24, 2.45) is 0 Å². The third kappa shape index (κ3) is 3.04. The number of nitrogen functional groups attached to an aromatic ring is 2. The van der Waals surface area contributed by atoms with Crippen LogP contribution in [0.2, 0.25) is 0 Å². The zero-order valence-corrected chi connectivity index (χ0v) is 11.6. The Hall–Kier alpha value is -1.96. The Balaban J connectivity index is 0.000000771. The van der Waals surface area contributed by atoms with Crippen molar-refractivity contribution in [3.8, 4) is 11.1 Å². The zero-order chi connectivity index (χ0) is 13.7. The standard InChI is InChI=1S/C14H16N2.C2H6/c1-9-7-11(15)3-5-13(9)14-6-4-12(16)8-10(14)2;1-2/h3-8H,15-16H2,1-2H3;1-2H3. The summed E-state index contributed by atoms with van der Waals surface area (Å²) in [5, 5.41) is 0. The number of hydrogen-bond acceptors (Lipinski definition) is 2. The summed E-state index contributed by atoms with van der Waals surface area (Å²) in [7, 11) is 0. The first-order valence-corrected chi connectivity index (χ1v) is 6.30. The van der Waals surface area contributed by atoms with Gasteiger partial charge in [0.2, 0.25) is 0 Å². The van der Waals surface area contributed by atoms with Gasteiger partial charge in [-0.1, -0.05) is 26.0 Å². The Morgan fingerprint density at radius 1 is 0.667 bits per heavy atom. The molecule has 0 fully saturated rings. The molecule has 0 aliphatic heterocycles. The minimum Gasteiger partial charge on any atom is -0.399 e. The molecule has 96 valence electrons. The Labute approximate surface area is 110 Å². The lowest BCUT2D eigenvalue weighted by Crippen LogP contribution is -1.92. The summed E-state index contributed by atoms with van der Waals surface area (Å²) < 4.78 is 0. The van der Waals surface area contributed by atoms with Gasteiger partial charge in [0.05, 0.1) is 0 Å². The number of nitrogens with two attached hydrogens (primary N) is 2. The highest BCUT2D eigenvalue weighted by Crippen LogP contribution is 2.28. The van der Waals surface area contributed by atoms with E-state index in [9.17, 15) is 0 Å². The Bertz CT molecular complexity index is 481. The Kier molecular flexibility index (Phi) is 4.78. The van der Waals surface area contributed by atoms with Crippen LogP contribution in [0, 0.1) is 13.8 Å². The fourth-order valence-electron chi connectivity index (χ4n) is 1.98. The van der Waals surface area contributed by atoms with Crippen molar-refractivity contribution in [1.82, 2.24) is 0 Å². The van der Waals surface area contributed by atoms with Gasteiger partial charge in [-0.2, -0.15) is 0 Å². The van der Waals surface area contributed by atoms with E-state index in [0.29, 0.717) is 0 Å². The normalized spacial score (nSPS) is 9.56. The minimum absolute atomic E-state index is 0.800. The van der Waals surface area contributed by atoms with Crippen molar-refractivity contribution in [1.29, 1.82) is 0 Å². The molecule has 2 aromatic rings. The summed E-state index contributed by atoms with van der Waals surface area (Å²) >= 11 is 0. The summed E-state index contributed by atoms with van der Waals surface area (Å²) in [4.78, 5) is 0. The lowest BCUT2D eigenvalue weighted by Gasteiger charge is -2.10. The van der Waals surface area contributed by atoms with E-state index in [4.69, 9.17) is 11.5 Å². The van der Waals surface area contributed by atoms with Crippen LogP contribution in [0.5, 0.6) is 0 Å². The molecule has 0 saturated heterocycles. The highest BCUT2D eigenvalue weighted by Gasteiger charge is 2.05. The van der Waals surface area contributed by atoms with E-state index in [1.54, 1.807) is 0 Å². The van der Waals surface area contributed by atoms with Crippen molar-refractivity contribution in [2.45, 2.75) is 27.7 Å². The predicted molar refractivity (Wildman–Crippen MR) is 81.5 cm³/mol. The van der Waals surface area contributed by atoms with E-state index in [1.807, 2.05) is 38.1 Å². The van der Waals surface area contributed by atoms with E-state index >= 15 is 0 Å². The molecular weight excluding hydrogens is 220 g/mol. The molecule has 2 aromatic carbocycles. The van der Waals surface area contributed by atoms with Crippen LogP contribution in [-0.4, -0.2) is 0 Å². The molecular formula is C16H22N2. The van der Waals surface area contributed by atoms with Gasteiger partial charge in [0.25, 0.3) is 0 Å². The summed E-state index contributed by atoms with van der Waals surface area (Å²) in [5.74, 6) is 0. The fourth-order valence-corrected chi connectivity index (χ4v) is 1.98. The van der Waals surface area contributed by atoms with Crippen LogP contribution in [0.3, 0.4) is 0 Å². The van der Waals surface area contributed by atoms with Crippen molar-refractivity contribution >= 4 is 11.4 Å². The van der Waals surface area contributed by atoms with Crippen LogP contribution in [0.4, 0.5) is 11.4 Å². The van der Waals surface area contributed by atoms with Crippen LogP contribution in [0.1, 0.15) is 25.0 Å². The van der Waals surface area contributed by atoms with Gasteiger partial charge < -0.3 is 11.5 Å². The molecule has 0 unspecified atom stereocenters. The third-order valence-corrected chi connectivity index (χ3v) is 2.79. The molecule has 0 heterocycles. The SMILES string of the molecule is CC.Cc1cc(N)ccc1-c1ccc(N)cc1C. The van der Waals surface area contributed by atoms with Gasteiger partial charge >= 0.3 is 0 Å². The number of aryl methyl sites for hydroxylation is 2. The van der Waals surface area contributed by atoms with Crippen LogP contribution < -0.4 is 11.5 Å². The Morgan fingerprint density at radius 2 is 1.00 bits per heavy atom. The average molecular weight is 242 g/mol. The second-order valence-corrected chi connectivity index (χ2v) is 4.15. The van der Waals surface area contributed by atoms with Gasteiger partial charge in [-0.25, -0.2) is 0 Å². The number of hydrogen-bond donors (Lipinski definition) is 2. The van der Waals surface area contributed by atoms with Crippen LogP contribution >= 0.6 is 0 Å². The number of anilines is 2. The van der Waals surface area contributed by atoms with Gasteiger partial charge in [0.15, 0.2) is 0 Å². The molecule has 2 rings (SSSR count). The molecule has 0 aromatic heterocycles. The van der Waals surface area contributed by atoms with Gasteiger partial charge in [-0.3, -0.25) is 0 Å². The van der Waals surface area contributed by atoms with Crippen molar-refractivity contribution in [3.05, 3.63) is 47.5 Å². The smallest absolute Gasteiger partial charge is 0.0317 e. The highest BCUT2D eigenvalue weighted by atomic mass is 14.5. The predicted octanol–water partition coefficient (Wildman–Crippen LogP) is 4.16. The molecule has 0 radical (unpaired) electrons. The lowest BCUT2D eigenvalue weighted by atomic mass is 9.96. The molecule has 0 amide bonds. The average Bonchev–Trinajstić information content (AvgIpc) is 2.33. The fraction of sp³-hybridized carbons (Fsp3) is 0.250. The van der Waals surface area contributed by atoms with Crippen LogP contribution in [0.15, 0.2) is 36.4 Å². The van der Waals surface area contributed by atoms with Gasteiger partial charge in [0.1, 0.15) is 0 Å². The summed E-state index contributed by atoms with van der Waals surface area (Å²) in [6, 6.07) is 12.0. The molecule has 18 heavy (non-hydrogen) atoms. The van der Waals surface area contributed by atoms with E-state index in [-0.39, 0.29) is 0 Å². The molecule has 4 N–H and O–H groups in total. The summed E-state index contributed by atoms with van der Waals surface area (Å²) in [5.41, 5.74) is 17.9. The van der Waals surface area contributed by atoms with Gasteiger partial charge in [-0.05, 0) is 60.4 Å². The minimum atomic E-state index is 0.800. The Morgan fingerprint density at radius 3 is 1.28 bits per heavy atom. The van der Waals surface area contributed by atoms with Crippen molar-refractivity contribution in [3.63, 3.8) is 0 Å². The van der Waals surface area contributed by atoms with Gasteiger partial charge in [-0.15, -0.1) is 0 Å². The quantitative estimate of drug-likeness (QED) is 0.738. The third-order valence-electron chi connectivity index (χ3n) is 2.79. The van der Waals surface area contributed by atoms with E-state index in [2.05, 4.69) is 26.0 Å². The van der Waals surface area contributed by atoms with E-state index in [1.165, 1.54) is 22.3 Å². The molecule has 0 bridgehead atoms. The van der Waals surface area contributed by atoms with Crippen molar-refractivity contribution < 1.29 is 0 Å². The molecule has 0 spiro atoms. The molecule has 0 aliphatic rings. The zero-order valence-electron chi connectivity index (χ0n) is 11.6. The lowest BCUT2D eigenvalue weighted by molar-refractivity contribution is 1.41.